The standard InChI is InChI=1S/C15H12BrNO3/c1-15-7-6-10(20-15)11-12(15)14(19)17(13(11)18)9-4-2-8(16)3-5-9/h2-7,10-12H,1H3/t10-,11+,12+,15+/m1/s1. The zero-order valence-corrected chi connectivity index (χ0v) is 12.3. The molecule has 0 aromatic heterocycles. The summed E-state index contributed by atoms with van der Waals surface area (Å²) in [5, 5.41) is 0. The summed E-state index contributed by atoms with van der Waals surface area (Å²) in [5.74, 6) is -1.08. The number of hydrogen-bond donors (Lipinski definition) is 0. The molecule has 4 rings (SSSR count). The van der Waals surface area contributed by atoms with Crippen molar-refractivity contribution in [3.63, 3.8) is 0 Å². The lowest BCUT2D eigenvalue weighted by Gasteiger charge is -2.24. The molecule has 20 heavy (non-hydrogen) atoms. The molecule has 2 bridgehead atoms. The van der Waals surface area contributed by atoms with Crippen LogP contribution in [-0.2, 0) is 14.3 Å². The largest absolute Gasteiger partial charge is 0.362 e. The highest BCUT2D eigenvalue weighted by Crippen LogP contribution is 2.52. The van der Waals surface area contributed by atoms with Gasteiger partial charge in [0, 0.05) is 4.47 Å². The van der Waals surface area contributed by atoms with Crippen molar-refractivity contribution in [2.75, 3.05) is 4.90 Å². The summed E-state index contributed by atoms with van der Waals surface area (Å²) in [6.07, 6.45) is 3.55. The van der Waals surface area contributed by atoms with Crippen LogP contribution in [0.1, 0.15) is 6.92 Å². The van der Waals surface area contributed by atoms with Crippen LogP contribution in [-0.4, -0.2) is 23.5 Å². The fourth-order valence-corrected chi connectivity index (χ4v) is 3.76. The molecule has 0 N–H and O–H groups in total. The van der Waals surface area contributed by atoms with Crippen molar-refractivity contribution in [3.8, 4) is 0 Å². The zero-order chi connectivity index (χ0) is 14.1. The van der Waals surface area contributed by atoms with Gasteiger partial charge in [0.15, 0.2) is 0 Å². The minimum atomic E-state index is -0.633. The number of carbonyl (C=O) groups is 2. The smallest absolute Gasteiger partial charge is 0.241 e. The number of carbonyl (C=O) groups excluding carboxylic acids is 2. The molecule has 2 amide bonds. The molecule has 0 aliphatic carbocycles. The number of amides is 2. The van der Waals surface area contributed by atoms with E-state index in [-0.39, 0.29) is 23.8 Å². The molecule has 2 saturated heterocycles. The molecule has 0 spiro atoms. The average molecular weight is 334 g/mol. The van der Waals surface area contributed by atoms with E-state index in [1.54, 1.807) is 12.1 Å². The Morgan fingerprint density at radius 1 is 1.20 bits per heavy atom. The molecular formula is C15H12BrNO3. The van der Waals surface area contributed by atoms with Gasteiger partial charge in [-0.2, -0.15) is 0 Å². The second kappa shape index (κ2) is 3.80. The topological polar surface area (TPSA) is 46.6 Å². The van der Waals surface area contributed by atoms with Crippen molar-refractivity contribution in [2.45, 2.75) is 18.6 Å². The Labute approximate surface area is 124 Å². The third-order valence-electron chi connectivity index (χ3n) is 4.41. The summed E-state index contributed by atoms with van der Waals surface area (Å²) in [5.41, 5.74) is -0.00719. The van der Waals surface area contributed by atoms with Gasteiger partial charge in [-0.1, -0.05) is 28.1 Å². The zero-order valence-electron chi connectivity index (χ0n) is 10.7. The average Bonchev–Trinajstić information content (AvgIpc) is 3.01. The Morgan fingerprint density at radius 3 is 2.55 bits per heavy atom. The quantitative estimate of drug-likeness (QED) is 0.585. The maximum atomic E-state index is 12.7. The fourth-order valence-electron chi connectivity index (χ4n) is 3.50. The molecule has 2 fully saturated rings. The molecule has 1 aromatic rings. The van der Waals surface area contributed by atoms with Crippen LogP contribution in [0.5, 0.6) is 0 Å². The molecule has 0 saturated carbocycles. The van der Waals surface area contributed by atoms with Gasteiger partial charge >= 0.3 is 0 Å². The van der Waals surface area contributed by atoms with E-state index >= 15 is 0 Å². The van der Waals surface area contributed by atoms with E-state index in [1.165, 1.54) is 4.90 Å². The molecule has 3 heterocycles. The molecule has 3 aliphatic rings. The van der Waals surface area contributed by atoms with Gasteiger partial charge in [-0.05, 0) is 31.2 Å². The number of anilines is 1. The van der Waals surface area contributed by atoms with Gasteiger partial charge in [0.1, 0.15) is 0 Å². The SMILES string of the molecule is C[C@@]12C=C[C@@H](O1)[C@@H]1C(=O)N(c3ccc(Br)cc3)C(=O)[C@H]12. The molecule has 1 aromatic carbocycles. The van der Waals surface area contributed by atoms with Crippen LogP contribution in [0.25, 0.3) is 0 Å². The van der Waals surface area contributed by atoms with Crippen LogP contribution in [0.4, 0.5) is 5.69 Å². The number of rotatable bonds is 1. The molecule has 4 atom stereocenters. The van der Waals surface area contributed by atoms with E-state index in [4.69, 9.17) is 4.74 Å². The number of imide groups is 1. The number of hydrogen-bond acceptors (Lipinski definition) is 3. The van der Waals surface area contributed by atoms with Gasteiger partial charge in [0.05, 0.1) is 29.2 Å². The van der Waals surface area contributed by atoms with Gasteiger partial charge < -0.3 is 4.74 Å². The Kier molecular flexibility index (Phi) is 2.34. The first-order valence-corrected chi connectivity index (χ1v) is 7.31. The summed E-state index contributed by atoms with van der Waals surface area (Å²) >= 11 is 3.35. The second-order valence-corrected chi connectivity index (χ2v) is 6.53. The third-order valence-corrected chi connectivity index (χ3v) is 4.94. The van der Waals surface area contributed by atoms with Crippen LogP contribution < -0.4 is 4.90 Å². The van der Waals surface area contributed by atoms with Crippen LogP contribution in [0.3, 0.4) is 0 Å². The van der Waals surface area contributed by atoms with E-state index in [0.717, 1.165) is 4.47 Å². The summed E-state index contributed by atoms with van der Waals surface area (Å²) in [6, 6.07) is 7.21. The lowest BCUT2D eigenvalue weighted by atomic mass is 9.78. The maximum Gasteiger partial charge on any atom is 0.241 e. The van der Waals surface area contributed by atoms with Gasteiger partial charge in [-0.25, -0.2) is 4.90 Å². The van der Waals surface area contributed by atoms with Crippen molar-refractivity contribution < 1.29 is 14.3 Å². The number of benzene rings is 1. The van der Waals surface area contributed by atoms with Crippen LogP contribution >= 0.6 is 15.9 Å². The first-order valence-electron chi connectivity index (χ1n) is 6.52. The Hall–Kier alpha value is -1.46. The highest BCUT2D eigenvalue weighted by Gasteiger charge is 2.65. The van der Waals surface area contributed by atoms with Crippen LogP contribution in [0.2, 0.25) is 0 Å². The van der Waals surface area contributed by atoms with Gasteiger partial charge in [0.25, 0.3) is 0 Å². The molecule has 102 valence electrons. The number of halogens is 1. The number of nitrogens with zero attached hydrogens (tertiary/aromatic N) is 1. The highest BCUT2D eigenvalue weighted by molar-refractivity contribution is 9.10. The molecule has 0 unspecified atom stereocenters. The van der Waals surface area contributed by atoms with E-state index < -0.39 is 11.5 Å². The molecule has 0 radical (unpaired) electrons. The summed E-state index contributed by atoms with van der Waals surface area (Å²) in [6.45, 7) is 1.88. The van der Waals surface area contributed by atoms with Crippen molar-refractivity contribution in [1.82, 2.24) is 0 Å². The molecule has 4 nitrogen and oxygen atoms in total. The minimum absolute atomic E-state index is 0.152. The predicted molar refractivity (Wildman–Crippen MR) is 76.0 cm³/mol. The van der Waals surface area contributed by atoms with Crippen molar-refractivity contribution in [2.24, 2.45) is 11.8 Å². The lowest BCUT2D eigenvalue weighted by Crippen LogP contribution is -2.38. The van der Waals surface area contributed by atoms with Crippen LogP contribution in [0.15, 0.2) is 40.9 Å². The lowest BCUT2D eigenvalue weighted by molar-refractivity contribution is -0.126. The van der Waals surface area contributed by atoms with Crippen molar-refractivity contribution in [3.05, 3.63) is 40.9 Å². The predicted octanol–water partition coefficient (Wildman–Crippen LogP) is 2.28. The Bertz CT molecular complexity index is 654. The molecule has 3 aliphatic heterocycles. The highest BCUT2D eigenvalue weighted by atomic mass is 79.9. The van der Waals surface area contributed by atoms with Crippen LogP contribution in [0, 0.1) is 11.8 Å². The number of ether oxygens (including phenoxy) is 1. The Balaban J connectivity index is 1.77. The van der Waals surface area contributed by atoms with Gasteiger partial charge in [0.2, 0.25) is 11.8 Å². The monoisotopic (exact) mass is 333 g/mol. The minimum Gasteiger partial charge on any atom is -0.362 e. The van der Waals surface area contributed by atoms with E-state index in [0.29, 0.717) is 5.69 Å². The Morgan fingerprint density at radius 2 is 1.90 bits per heavy atom. The first-order chi connectivity index (χ1) is 9.51. The fraction of sp³-hybridized carbons (Fsp3) is 0.333. The van der Waals surface area contributed by atoms with E-state index in [9.17, 15) is 9.59 Å². The van der Waals surface area contributed by atoms with Crippen molar-refractivity contribution >= 4 is 33.4 Å². The van der Waals surface area contributed by atoms with E-state index in [1.807, 2.05) is 31.2 Å². The number of fused-ring (bicyclic) bond motifs is 5. The molecular weight excluding hydrogens is 322 g/mol. The maximum absolute atomic E-state index is 12.7. The molecule has 5 heteroatoms. The normalized spacial score (nSPS) is 37.9. The second-order valence-electron chi connectivity index (χ2n) is 5.62. The third kappa shape index (κ3) is 1.39. The summed E-state index contributed by atoms with van der Waals surface area (Å²) < 4.78 is 6.70. The van der Waals surface area contributed by atoms with Crippen molar-refractivity contribution in [1.29, 1.82) is 0 Å². The first kappa shape index (κ1) is 12.3. The van der Waals surface area contributed by atoms with Gasteiger partial charge in [-0.15, -0.1) is 0 Å². The summed E-state index contributed by atoms with van der Waals surface area (Å²) in [4.78, 5) is 26.6. The van der Waals surface area contributed by atoms with Gasteiger partial charge in [-0.3, -0.25) is 9.59 Å². The summed E-state index contributed by atoms with van der Waals surface area (Å²) in [7, 11) is 0. The van der Waals surface area contributed by atoms with E-state index in [2.05, 4.69) is 15.9 Å².